The van der Waals surface area contributed by atoms with Crippen LogP contribution in [0, 0.1) is 0 Å². The van der Waals surface area contributed by atoms with Crippen LogP contribution < -0.4 is 4.74 Å². The third kappa shape index (κ3) is 2.22. The van der Waals surface area contributed by atoms with Crippen LogP contribution in [0.4, 0.5) is 0 Å². The molecule has 0 aliphatic carbocycles. The van der Waals surface area contributed by atoms with Gasteiger partial charge >= 0.3 is 0 Å². The van der Waals surface area contributed by atoms with Gasteiger partial charge in [0.25, 0.3) is 0 Å². The zero-order valence-electron chi connectivity index (χ0n) is 12.4. The number of hydrogen-bond donors (Lipinski definition) is 0. The molecular weight excluding hydrogens is 340 g/mol. The van der Waals surface area contributed by atoms with Gasteiger partial charge in [0.2, 0.25) is 0 Å². The van der Waals surface area contributed by atoms with Crippen molar-refractivity contribution in [1.82, 2.24) is 5.01 Å². The molecule has 2 aliphatic heterocycles. The van der Waals surface area contributed by atoms with E-state index in [1.54, 1.807) is 0 Å². The molecule has 2 aromatic rings. The van der Waals surface area contributed by atoms with Crippen molar-refractivity contribution in [1.29, 1.82) is 0 Å². The number of benzene rings is 2. The van der Waals surface area contributed by atoms with Crippen LogP contribution >= 0.6 is 15.9 Å². The van der Waals surface area contributed by atoms with Crippen molar-refractivity contribution in [3.63, 3.8) is 0 Å². The summed E-state index contributed by atoms with van der Waals surface area (Å²) in [6.07, 6.45) is 1.87. The molecule has 0 saturated heterocycles. The van der Waals surface area contributed by atoms with Crippen LogP contribution in [-0.4, -0.2) is 16.9 Å². The molecular formula is C18H17BrN2O. The van der Waals surface area contributed by atoms with E-state index in [9.17, 15) is 0 Å². The normalized spacial score (nSPS) is 22.6. The monoisotopic (exact) mass is 356 g/mol. The standard InChI is InChI=1S/C18H17BrN2O/c1-2-18-21-16(14-5-3-4-6-17(14)22-18)11-15(20-21)12-7-9-13(19)10-8-12/h3-10,16,18H,2,11H2,1H3/t16-,18+/m1/s1. The predicted molar refractivity (Wildman–Crippen MR) is 91.0 cm³/mol. The molecule has 0 radical (unpaired) electrons. The Hall–Kier alpha value is -1.81. The van der Waals surface area contributed by atoms with Gasteiger partial charge in [0, 0.05) is 22.9 Å². The Labute approximate surface area is 138 Å². The fraction of sp³-hybridized carbons (Fsp3) is 0.278. The fourth-order valence-corrected chi connectivity index (χ4v) is 3.46. The number of rotatable bonds is 2. The Morgan fingerprint density at radius 2 is 1.95 bits per heavy atom. The van der Waals surface area contributed by atoms with Crippen molar-refractivity contribution in [3.8, 4) is 5.75 Å². The molecule has 0 bridgehead atoms. The summed E-state index contributed by atoms with van der Waals surface area (Å²) in [5.41, 5.74) is 3.56. The van der Waals surface area contributed by atoms with Gasteiger partial charge in [0.1, 0.15) is 5.75 Å². The molecule has 0 saturated carbocycles. The lowest BCUT2D eigenvalue weighted by atomic mass is 9.96. The molecule has 22 heavy (non-hydrogen) atoms. The second-order valence-electron chi connectivity index (χ2n) is 5.67. The Morgan fingerprint density at radius 3 is 2.73 bits per heavy atom. The number of nitrogens with zero attached hydrogens (tertiary/aromatic N) is 2. The van der Waals surface area contributed by atoms with E-state index in [2.05, 4.69) is 70.3 Å². The van der Waals surface area contributed by atoms with Crippen molar-refractivity contribution in [2.75, 3.05) is 0 Å². The molecule has 3 nitrogen and oxygen atoms in total. The van der Waals surface area contributed by atoms with Crippen molar-refractivity contribution in [2.24, 2.45) is 5.10 Å². The Kier molecular flexibility index (Phi) is 3.41. The molecule has 4 heteroatoms. The quantitative estimate of drug-likeness (QED) is 0.776. The lowest BCUT2D eigenvalue weighted by Gasteiger charge is -2.37. The average Bonchev–Trinajstić information content (AvgIpc) is 3.00. The van der Waals surface area contributed by atoms with E-state index in [0.717, 1.165) is 28.8 Å². The lowest BCUT2D eigenvalue weighted by molar-refractivity contribution is -0.0188. The molecule has 0 N–H and O–H groups in total. The van der Waals surface area contributed by atoms with Crippen molar-refractivity contribution >= 4 is 21.6 Å². The van der Waals surface area contributed by atoms with Gasteiger partial charge in [-0.3, -0.25) is 5.01 Å². The van der Waals surface area contributed by atoms with Gasteiger partial charge in [-0.25, -0.2) is 0 Å². The number of fused-ring (bicyclic) bond motifs is 3. The maximum absolute atomic E-state index is 6.11. The van der Waals surface area contributed by atoms with Crippen LogP contribution in [0.25, 0.3) is 0 Å². The molecule has 112 valence electrons. The minimum Gasteiger partial charge on any atom is -0.469 e. The maximum Gasteiger partial charge on any atom is 0.187 e. The highest BCUT2D eigenvalue weighted by atomic mass is 79.9. The van der Waals surface area contributed by atoms with E-state index in [4.69, 9.17) is 9.84 Å². The highest BCUT2D eigenvalue weighted by Gasteiger charge is 2.39. The summed E-state index contributed by atoms with van der Waals surface area (Å²) >= 11 is 3.49. The summed E-state index contributed by atoms with van der Waals surface area (Å²) in [5, 5.41) is 7.01. The number of ether oxygens (including phenoxy) is 1. The third-order valence-corrected chi connectivity index (χ3v) is 4.83. The summed E-state index contributed by atoms with van der Waals surface area (Å²) < 4.78 is 7.20. The first kappa shape index (κ1) is 13.8. The second-order valence-corrected chi connectivity index (χ2v) is 6.59. The molecule has 2 aliphatic rings. The molecule has 0 spiro atoms. The summed E-state index contributed by atoms with van der Waals surface area (Å²) in [6.45, 7) is 2.14. The molecule has 0 amide bonds. The molecule has 0 unspecified atom stereocenters. The van der Waals surface area contributed by atoms with Crippen molar-refractivity contribution in [3.05, 3.63) is 64.1 Å². The molecule has 2 atom stereocenters. The van der Waals surface area contributed by atoms with Crippen LogP contribution in [-0.2, 0) is 0 Å². The first-order valence-corrected chi connectivity index (χ1v) is 8.43. The minimum absolute atomic E-state index is 0.0212. The van der Waals surface area contributed by atoms with Gasteiger partial charge < -0.3 is 4.74 Å². The van der Waals surface area contributed by atoms with Gasteiger partial charge in [0.05, 0.1) is 11.8 Å². The van der Waals surface area contributed by atoms with Crippen LogP contribution in [0.15, 0.2) is 58.1 Å². The number of para-hydroxylation sites is 1. The summed E-state index contributed by atoms with van der Waals surface area (Å²) in [4.78, 5) is 0. The van der Waals surface area contributed by atoms with Crippen molar-refractivity contribution < 1.29 is 4.74 Å². The Balaban J connectivity index is 1.72. The number of hydrazone groups is 1. The minimum atomic E-state index is 0.0212. The second kappa shape index (κ2) is 5.43. The molecule has 2 heterocycles. The van der Waals surface area contributed by atoms with Gasteiger partial charge in [-0.2, -0.15) is 5.10 Å². The first-order chi connectivity index (χ1) is 10.8. The smallest absolute Gasteiger partial charge is 0.187 e. The zero-order valence-corrected chi connectivity index (χ0v) is 14.0. The van der Waals surface area contributed by atoms with Gasteiger partial charge in [-0.05, 0) is 23.8 Å². The summed E-state index contributed by atoms with van der Waals surface area (Å²) in [6, 6.07) is 17.0. The molecule has 4 rings (SSSR count). The van der Waals surface area contributed by atoms with E-state index in [-0.39, 0.29) is 12.3 Å². The first-order valence-electron chi connectivity index (χ1n) is 7.63. The van der Waals surface area contributed by atoms with E-state index in [1.807, 2.05) is 6.07 Å². The Bertz CT molecular complexity index is 726. The molecule has 0 aromatic heterocycles. The summed E-state index contributed by atoms with van der Waals surface area (Å²) in [5.74, 6) is 1.00. The maximum atomic E-state index is 6.11. The Morgan fingerprint density at radius 1 is 1.18 bits per heavy atom. The summed E-state index contributed by atoms with van der Waals surface area (Å²) in [7, 11) is 0. The van der Waals surface area contributed by atoms with Gasteiger partial charge in [0.15, 0.2) is 6.23 Å². The highest BCUT2D eigenvalue weighted by molar-refractivity contribution is 9.10. The van der Waals surface area contributed by atoms with Crippen LogP contribution in [0.2, 0.25) is 0 Å². The van der Waals surface area contributed by atoms with Crippen molar-refractivity contribution in [2.45, 2.75) is 32.0 Å². The van der Waals surface area contributed by atoms with Crippen LogP contribution in [0.3, 0.4) is 0 Å². The third-order valence-electron chi connectivity index (χ3n) is 4.30. The van der Waals surface area contributed by atoms with Gasteiger partial charge in [-0.1, -0.05) is 53.2 Å². The largest absolute Gasteiger partial charge is 0.469 e. The van der Waals surface area contributed by atoms with E-state index in [0.29, 0.717) is 0 Å². The molecule has 2 aromatic carbocycles. The van der Waals surface area contributed by atoms with Crippen LogP contribution in [0.1, 0.15) is 36.9 Å². The fourth-order valence-electron chi connectivity index (χ4n) is 3.20. The number of halogens is 1. The van der Waals surface area contributed by atoms with E-state index >= 15 is 0 Å². The predicted octanol–water partition coefficient (Wildman–Crippen LogP) is 4.73. The average molecular weight is 357 g/mol. The van der Waals surface area contributed by atoms with Gasteiger partial charge in [-0.15, -0.1) is 0 Å². The lowest BCUT2D eigenvalue weighted by Crippen LogP contribution is -2.39. The molecule has 0 fully saturated rings. The van der Waals surface area contributed by atoms with E-state index in [1.165, 1.54) is 11.1 Å². The topological polar surface area (TPSA) is 24.8 Å². The van der Waals surface area contributed by atoms with E-state index < -0.39 is 0 Å². The SMILES string of the molecule is CC[C@@H]1Oc2ccccc2[C@H]2CC(c3ccc(Br)cc3)=NN12. The van der Waals surface area contributed by atoms with Crippen LogP contribution in [0.5, 0.6) is 5.75 Å². The number of hydrogen-bond acceptors (Lipinski definition) is 3. The highest BCUT2D eigenvalue weighted by Crippen LogP contribution is 2.43. The zero-order chi connectivity index (χ0) is 15.1.